The molecular formula is C8H6N6O4S. The number of hydrogen-bond acceptors (Lipinski definition) is 7. The summed E-state index contributed by atoms with van der Waals surface area (Å²) < 4.78 is 2.82. The molecule has 0 radical (unpaired) electrons. The first kappa shape index (κ1) is 11.6. The number of aromatic carboxylic acids is 2. The zero-order chi connectivity index (χ0) is 13.6. The van der Waals surface area contributed by atoms with Crippen molar-refractivity contribution in [2.75, 3.05) is 0 Å². The average Bonchev–Trinajstić information content (AvgIpc) is 2.89. The quantitative estimate of drug-likeness (QED) is 0.741. The second kappa shape index (κ2) is 4.05. The smallest absolute Gasteiger partial charge is 0.359 e. The normalized spacial score (nSPS) is 13.5. The van der Waals surface area contributed by atoms with Gasteiger partial charge in [0.1, 0.15) is 10.1 Å². The van der Waals surface area contributed by atoms with Crippen molar-refractivity contribution in [1.82, 2.24) is 30.0 Å². The second-order valence-corrected chi connectivity index (χ2v) is 4.62. The fraction of sp³-hybridized carbons (Fsp3) is 0.250. The van der Waals surface area contributed by atoms with Crippen LogP contribution < -0.4 is 0 Å². The van der Waals surface area contributed by atoms with Crippen LogP contribution in [0.1, 0.15) is 21.0 Å². The number of carbonyl (C=O) groups is 2. The lowest BCUT2D eigenvalue weighted by Crippen LogP contribution is -2.08. The second-order valence-electron chi connectivity index (χ2n) is 3.65. The zero-order valence-corrected chi connectivity index (χ0v) is 10.0. The van der Waals surface area contributed by atoms with Crippen LogP contribution in [0.5, 0.6) is 0 Å². The molecule has 0 atom stereocenters. The molecule has 19 heavy (non-hydrogen) atoms. The molecule has 2 N–H and O–H groups in total. The van der Waals surface area contributed by atoms with E-state index in [2.05, 4.69) is 20.6 Å². The number of rotatable bonds is 2. The van der Waals surface area contributed by atoms with Gasteiger partial charge in [-0.3, -0.25) is 0 Å². The Bertz CT molecular complexity index is 633. The van der Waals surface area contributed by atoms with Crippen molar-refractivity contribution in [3.05, 3.63) is 11.4 Å². The van der Waals surface area contributed by atoms with E-state index in [0.717, 1.165) is 11.8 Å². The molecule has 1 aliphatic rings. The Balaban J connectivity index is 2.13. The van der Waals surface area contributed by atoms with Gasteiger partial charge in [0.25, 0.3) is 0 Å². The summed E-state index contributed by atoms with van der Waals surface area (Å²) in [6.45, 7) is 0.691. The summed E-state index contributed by atoms with van der Waals surface area (Å²) in [4.78, 5) is 22.1. The van der Waals surface area contributed by atoms with Crippen LogP contribution in [0.25, 0.3) is 0 Å². The Morgan fingerprint density at radius 1 is 0.947 bits per heavy atom. The highest BCUT2D eigenvalue weighted by Gasteiger charge is 2.28. The van der Waals surface area contributed by atoms with Crippen LogP contribution in [-0.4, -0.2) is 52.1 Å². The Morgan fingerprint density at radius 2 is 1.37 bits per heavy atom. The summed E-state index contributed by atoms with van der Waals surface area (Å²) in [5.41, 5.74) is -0.424. The first-order chi connectivity index (χ1) is 9.08. The van der Waals surface area contributed by atoms with E-state index in [0.29, 0.717) is 13.1 Å². The zero-order valence-electron chi connectivity index (χ0n) is 9.22. The molecule has 0 bridgehead atoms. The van der Waals surface area contributed by atoms with Crippen molar-refractivity contribution in [2.24, 2.45) is 0 Å². The van der Waals surface area contributed by atoms with Gasteiger partial charge in [0.2, 0.25) is 11.4 Å². The molecule has 1 aliphatic heterocycles. The maximum absolute atomic E-state index is 11.0. The third-order valence-corrected chi connectivity index (χ3v) is 3.70. The van der Waals surface area contributed by atoms with Crippen molar-refractivity contribution < 1.29 is 19.8 Å². The highest BCUT2D eigenvalue weighted by Crippen LogP contribution is 2.33. The molecule has 3 rings (SSSR count). The van der Waals surface area contributed by atoms with Gasteiger partial charge >= 0.3 is 11.9 Å². The lowest BCUT2D eigenvalue weighted by Gasteiger charge is -1.99. The molecule has 0 saturated carbocycles. The minimum Gasteiger partial charge on any atom is -0.476 e. The summed E-state index contributed by atoms with van der Waals surface area (Å²) in [6, 6.07) is 0. The van der Waals surface area contributed by atoms with Gasteiger partial charge in [-0.2, -0.15) is 0 Å². The van der Waals surface area contributed by atoms with Crippen molar-refractivity contribution in [2.45, 2.75) is 23.1 Å². The van der Waals surface area contributed by atoms with E-state index in [9.17, 15) is 9.59 Å². The molecule has 2 aromatic rings. The molecule has 0 spiro atoms. The number of carboxylic acid groups (broad SMARTS) is 2. The van der Waals surface area contributed by atoms with E-state index < -0.39 is 11.9 Å². The molecule has 0 amide bonds. The Morgan fingerprint density at radius 3 is 1.74 bits per heavy atom. The largest absolute Gasteiger partial charge is 0.476 e. The first-order valence-electron chi connectivity index (χ1n) is 5.09. The van der Waals surface area contributed by atoms with Gasteiger partial charge in [-0.25, -0.2) is 19.0 Å². The minimum atomic E-state index is -1.22. The number of aryl methyl sites for hydroxylation is 2. The molecule has 2 aromatic heterocycles. The predicted molar refractivity (Wildman–Crippen MR) is 58.1 cm³/mol. The van der Waals surface area contributed by atoms with Crippen LogP contribution in [0.4, 0.5) is 0 Å². The van der Waals surface area contributed by atoms with Crippen LogP contribution in [0.3, 0.4) is 0 Å². The van der Waals surface area contributed by atoms with Crippen LogP contribution in [0, 0.1) is 0 Å². The molecule has 10 nitrogen and oxygen atoms in total. The van der Waals surface area contributed by atoms with Crippen LogP contribution in [-0.2, 0) is 13.1 Å². The average molecular weight is 282 g/mol. The Labute approximate surface area is 109 Å². The monoisotopic (exact) mass is 282 g/mol. The lowest BCUT2D eigenvalue weighted by atomic mass is 10.5. The summed E-state index contributed by atoms with van der Waals surface area (Å²) in [5.74, 6) is -2.43. The summed E-state index contributed by atoms with van der Waals surface area (Å²) in [5, 5.41) is 33.2. The topological polar surface area (TPSA) is 136 Å². The highest BCUT2D eigenvalue weighted by atomic mass is 32.2. The fourth-order valence-corrected chi connectivity index (χ4v) is 2.75. The lowest BCUT2D eigenvalue weighted by molar-refractivity contribution is 0.0676. The summed E-state index contributed by atoms with van der Waals surface area (Å²) >= 11 is 0.941. The van der Waals surface area contributed by atoms with Crippen molar-refractivity contribution in [3.63, 3.8) is 0 Å². The molecule has 0 unspecified atom stereocenters. The molecule has 0 aliphatic carbocycles. The summed E-state index contributed by atoms with van der Waals surface area (Å²) in [6.07, 6.45) is 0. The first-order valence-corrected chi connectivity index (χ1v) is 5.91. The molecular weight excluding hydrogens is 276 g/mol. The fourth-order valence-electron chi connectivity index (χ4n) is 1.65. The van der Waals surface area contributed by atoms with Gasteiger partial charge in [-0.15, -0.1) is 10.2 Å². The Kier molecular flexibility index (Phi) is 2.48. The van der Waals surface area contributed by atoms with Gasteiger partial charge < -0.3 is 10.2 Å². The molecule has 98 valence electrons. The van der Waals surface area contributed by atoms with Crippen LogP contribution in [0.2, 0.25) is 0 Å². The van der Waals surface area contributed by atoms with Gasteiger partial charge in [0, 0.05) is 0 Å². The van der Waals surface area contributed by atoms with Crippen LogP contribution >= 0.6 is 11.8 Å². The maximum Gasteiger partial charge on any atom is 0.359 e. The van der Waals surface area contributed by atoms with Crippen molar-refractivity contribution >= 4 is 23.7 Å². The van der Waals surface area contributed by atoms with Gasteiger partial charge in [0.15, 0.2) is 0 Å². The van der Waals surface area contributed by atoms with E-state index >= 15 is 0 Å². The third kappa shape index (κ3) is 1.74. The van der Waals surface area contributed by atoms with Crippen LogP contribution in [0.15, 0.2) is 10.1 Å². The predicted octanol–water partition coefficient (Wildman–Crippen LogP) is -0.569. The van der Waals surface area contributed by atoms with Gasteiger partial charge in [-0.1, -0.05) is 10.4 Å². The van der Waals surface area contributed by atoms with E-state index in [-0.39, 0.29) is 21.4 Å². The molecule has 0 fully saturated rings. The van der Waals surface area contributed by atoms with E-state index in [4.69, 9.17) is 10.2 Å². The van der Waals surface area contributed by atoms with Crippen molar-refractivity contribution in [1.29, 1.82) is 0 Å². The SMILES string of the molecule is O=C(O)c1nnn2c1Sc1c(C(=O)O)nnn1CC2. The molecule has 11 heteroatoms. The standard InChI is InChI=1S/C8H6N6O4S/c15-7(16)3-5-13(11-9-3)1-2-14-6(19-5)4(8(17)18)10-12-14/h1-2H2,(H,15,16)(H,17,18). The van der Waals surface area contributed by atoms with Gasteiger partial charge in [0.05, 0.1) is 13.1 Å². The molecule has 0 saturated heterocycles. The highest BCUT2D eigenvalue weighted by molar-refractivity contribution is 7.99. The Hall–Kier alpha value is -2.43. The van der Waals surface area contributed by atoms with Crippen molar-refractivity contribution in [3.8, 4) is 0 Å². The maximum atomic E-state index is 11.0. The third-order valence-electron chi connectivity index (χ3n) is 2.50. The number of nitrogens with zero attached hydrogens (tertiary/aromatic N) is 6. The summed E-state index contributed by atoms with van der Waals surface area (Å²) in [7, 11) is 0. The van der Waals surface area contributed by atoms with E-state index in [1.807, 2.05) is 0 Å². The number of aromatic nitrogens is 6. The molecule has 0 aromatic carbocycles. The van der Waals surface area contributed by atoms with Gasteiger partial charge in [-0.05, 0) is 11.8 Å². The van der Waals surface area contributed by atoms with E-state index in [1.54, 1.807) is 0 Å². The number of hydrogen-bond donors (Lipinski definition) is 2. The van der Waals surface area contributed by atoms with E-state index in [1.165, 1.54) is 9.36 Å². The minimum absolute atomic E-state index is 0.212. The molecule has 3 heterocycles. The number of carboxylic acids is 2. The number of fused-ring (bicyclic) bond motifs is 2.